The minimum atomic E-state index is -2.19. The first-order valence-corrected chi connectivity index (χ1v) is 1.07. The second kappa shape index (κ2) is 12.0. The Kier molecular flexibility index (Phi) is 30.0. The summed E-state index contributed by atoms with van der Waals surface area (Å²) in [4.78, 5) is 17.9. The normalized spacial score (nSPS) is 4.89. The van der Waals surface area contributed by atoms with Crippen molar-refractivity contribution in [3.8, 4) is 0 Å². The van der Waals surface area contributed by atoms with E-state index in [0.29, 0.717) is 0 Å². The van der Waals surface area contributed by atoms with E-state index in [1.54, 1.807) is 0 Å². The maximum absolute atomic E-state index is 8.93. The molecule has 46 valence electrons. The monoisotopic (exact) mass is 268 g/mol. The van der Waals surface area contributed by atoms with E-state index >= 15 is 0 Å². The predicted octanol–water partition coefficient (Wildman–Crippen LogP) is -10.4. The molecule has 0 fully saturated rings. The summed E-state index contributed by atoms with van der Waals surface area (Å²) in [6.07, 6.45) is 0. The molecule has 4 nitrogen and oxygen atoms in total. The number of carboxylic acid groups (broad SMARTS) is 2. The van der Waals surface area contributed by atoms with Crippen molar-refractivity contribution >= 4 is 35.8 Å². The number of carbonyl (C=O) groups excluding carboxylic acids is 2. The van der Waals surface area contributed by atoms with Gasteiger partial charge in [0.05, 0.1) is 11.9 Å². The standard InChI is InChI=1S/C2H2O4.FH.K.Sn.2H/c3-1(4)2(5)6;;;;;/h(H,3,4)(H,5,6);1H;;;;/q;;+1;+2;;/p-3. The van der Waals surface area contributed by atoms with Crippen molar-refractivity contribution in [3.63, 3.8) is 0 Å². The number of hydrogen-bond acceptors (Lipinski definition) is 4. The molecular weight excluding hydrogens is 265 g/mol. The Balaban J connectivity index is -0.0000000417. The number of carbonyl (C=O) groups is 2. The Morgan fingerprint density at radius 3 is 1.11 bits per heavy atom. The van der Waals surface area contributed by atoms with Crippen molar-refractivity contribution < 1.29 is 75.9 Å². The molecule has 0 unspecified atom stereocenters. The number of carboxylic acids is 2. The summed E-state index contributed by atoms with van der Waals surface area (Å²) in [6.45, 7) is 0. The van der Waals surface area contributed by atoms with E-state index in [1.165, 1.54) is 0 Å². The predicted molar refractivity (Wildman–Crippen MR) is 18.6 cm³/mol. The number of rotatable bonds is 0. The maximum atomic E-state index is 8.93. The fourth-order valence-electron chi connectivity index (χ4n) is 0. The van der Waals surface area contributed by atoms with Crippen LogP contribution in [0.3, 0.4) is 0 Å². The van der Waals surface area contributed by atoms with Gasteiger partial charge in [-0.1, -0.05) is 0 Å². The van der Waals surface area contributed by atoms with Crippen molar-refractivity contribution in [2.24, 2.45) is 0 Å². The van der Waals surface area contributed by atoms with E-state index in [1.807, 2.05) is 0 Å². The molecule has 0 aromatic carbocycles. The number of aliphatic carboxylic acids is 2. The van der Waals surface area contributed by atoms with Gasteiger partial charge in [-0.15, -0.1) is 0 Å². The van der Waals surface area contributed by atoms with Gasteiger partial charge in [0.15, 0.2) is 0 Å². The van der Waals surface area contributed by atoms with E-state index < -0.39 is 11.9 Å². The Morgan fingerprint density at radius 1 is 1.00 bits per heavy atom. The molecule has 9 heavy (non-hydrogen) atoms. The summed E-state index contributed by atoms with van der Waals surface area (Å²) in [7, 11) is 0. The van der Waals surface area contributed by atoms with Gasteiger partial charge in [-0.25, -0.2) is 0 Å². The van der Waals surface area contributed by atoms with E-state index in [2.05, 4.69) is 0 Å². The van der Waals surface area contributed by atoms with Gasteiger partial charge in [0.25, 0.3) is 0 Å². The molecule has 0 saturated carbocycles. The zero-order valence-corrected chi connectivity index (χ0v) is 11.9. The Labute approximate surface area is 110 Å². The Hall–Kier alpha value is 1.31. The van der Waals surface area contributed by atoms with Crippen LogP contribution in [0.25, 0.3) is 0 Å². The summed E-state index contributed by atoms with van der Waals surface area (Å²) in [6, 6.07) is 0. The molecule has 0 spiro atoms. The van der Waals surface area contributed by atoms with E-state index in [0.717, 1.165) is 0 Å². The topological polar surface area (TPSA) is 80.3 Å². The molecule has 0 rings (SSSR count). The summed E-state index contributed by atoms with van der Waals surface area (Å²) in [5.41, 5.74) is 0. The van der Waals surface area contributed by atoms with Crippen molar-refractivity contribution in [2.45, 2.75) is 0 Å². The molecular formula is C2H2FKO4Sn. The molecule has 0 N–H and O–H groups in total. The van der Waals surface area contributed by atoms with E-state index in [-0.39, 0.29) is 80.0 Å². The van der Waals surface area contributed by atoms with Crippen LogP contribution in [0.5, 0.6) is 0 Å². The molecule has 0 amide bonds. The van der Waals surface area contributed by atoms with Gasteiger partial charge in [0, 0.05) is 0 Å². The molecule has 0 heterocycles. The average molecular weight is 267 g/mol. The van der Waals surface area contributed by atoms with Crippen molar-refractivity contribution in [1.29, 1.82) is 0 Å². The van der Waals surface area contributed by atoms with Crippen LogP contribution in [-0.2, 0) is 9.59 Å². The molecule has 0 aliphatic heterocycles. The van der Waals surface area contributed by atoms with Gasteiger partial charge in [-0.05, 0) is 0 Å². The number of halogens is 1. The van der Waals surface area contributed by atoms with Gasteiger partial charge in [-0.2, -0.15) is 0 Å². The van der Waals surface area contributed by atoms with Gasteiger partial charge in [0.2, 0.25) is 0 Å². The molecule has 7 heteroatoms. The van der Waals surface area contributed by atoms with Crippen LogP contribution in [-0.4, -0.2) is 35.8 Å². The van der Waals surface area contributed by atoms with Gasteiger partial charge in [0.1, 0.15) is 0 Å². The quantitative estimate of drug-likeness (QED) is 0.322. The fourth-order valence-corrected chi connectivity index (χ4v) is 0. The van der Waals surface area contributed by atoms with Crippen LogP contribution >= 0.6 is 0 Å². The van der Waals surface area contributed by atoms with Gasteiger partial charge in [-0.3, -0.25) is 0 Å². The van der Waals surface area contributed by atoms with E-state index in [4.69, 9.17) is 19.8 Å². The first-order valence-electron chi connectivity index (χ1n) is 1.07. The van der Waals surface area contributed by atoms with Gasteiger partial charge >= 0.3 is 75.3 Å². The minimum absolute atomic E-state index is 0. The van der Waals surface area contributed by atoms with Crippen molar-refractivity contribution in [2.75, 3.05) is 0 Å². The van der Waals surface area contributed by atoms with Crippen LogP contribution < -0.4 is 66.3 Å². The molecule has 0 atom stereocenters. The second-order valence-corrected chi connectivity index (χ2v) is 0.575. The first kappa shape index (κ1) is 22.4. The molecule has 0 aromatic heterocycles. The third kappa shape index (κ3) is 17.6. The van der Waals surface area contributed by atoms with Crippen LogP contribution in [0.15, 0.2) is 0 Å². The molecule has 0 aliphatic carbocycles. The second-order valence-electron chi connectivity index (χ2n) is 0.575. The van der Waals surface area contributed by atoms with Crippen molar-refractivity contribution in [3.05, 3.63) is 0 Å². The number of hydrogen-bond donors (Lipinski definition) is 0. The zero-order valence-electron chi connectivity index (χ0n) is 4.72. The Bertz CT molecular complexity index is 84.6. The molecule has 0 bridgehead atoms. The molecule has 0 radical (unpaired) electrons. The Morgan fingerprint density at radius 2 is 1.11 bits per heavy atom. The van der Waals surface area contributed by atoms with Crippen LogP contribution in [0.1, 0.15) is 0 Å². The molecule has 0 aromatic rings. The first-order chi connectivity index (χ1) is 2.64. The van der Waals surface area contributed by atoms with Crippen LogP contribution in [0, 0.1) is 0 Å². The van der Waals surface area contributed by atoms with Crippen LogP contribution in [0.2, 0.25) is 0 Å². The third-order valence-electron chi connectivity index (χ3n) is 0.167. The average Bonchev–Trinajstić information content (AvgIpc) is 1.36. The molecule has 0 aliphatic rings. The fraction of sp³-hybridized carbons (Fsp3) is 0. The van der Waals surface area contributed by atoms with Crippen molar-refractivity contribution in [1.82, 2.24) is 0 Å². The summed E-state index contributed by atoms with van der Waals surface area (Å²) < 4.78 is 0. The zero-order chi connectivity index (χ0) is 5.15. The summed E-state index contributed by atoms with van der Waals surface area (Å²) in [5.74, 6) is -4.37. The summed E-state index contributed by atoms with van der Waals surface area (Å²) in [5, 5.41) is 17.9. The molecule has 0 saturated heterocycles. The SMILES string of the molecule is O=C([O-])C(=O)[O-].[F-].[K+].[SnH2+2]. The summed E-state index contributed by atoms with van der Waals surface area (Å²) >= 11 is 0. The van der Waals surface area contributed by atoms with Crippen LogP contribution in [0.4, 0.5) is 0 Å². The van der Waals surface area contributed by atoms with Gasteiger partial charge < -0.3 is 24.5 Å². The van der Waals surface area contributed by atoms with E-state index in [9.17, 15) is 0 Å². The third-order valence-corrected chi connectivity index (χ3v) is 0.167.